The van der Waals surface area contributed by atoms with Crippen molar-refractivity contribution in [2.45, 2.75) is 71.8 Å². The van der Waals surface area contributed by atoms with Gasteiger partial charge in [0.1, 0.15) is 5.60 Å². The summed E-state index contributed by atoms with van der Waals surface area (Å²) in [5, 5.41) is 10.3. The van der Waals surface area contributed by atoms with Gasteiger partial charge >= 0.3 is 0 Å². The maximum atomic E-state index is 10.3. The number of aliphatic hydroxyl groups is 1. The molecule has 0 atom stereocenters. The highest BCUT2D eigenvalue weighted by atomic mass is 16.3. The van der Waals surface area contributed by atoms with E-state index in [1.165, 1.54) is 11.1 Å². The van der Waals surface area contributed by atoms with Gasteiger partial charge in [0.2, 0.25) is 0 Å². The molecule has 2 aromatic carbocycles. The second-order valence-electron chi connectivity index (χ2n) is 11.1. The molecule has 0 amide bonds. The molecule has 0 radical (unpaired) electrons. The summed E-state index contributed by atoms with van der Waals surface area (Å²) in [4.78, 5) is 4.55. The van der Waals surface area contributed by atoms with Crippen molar-refractivity contribution < 1.29 is 5.11 Å². The SMILES string of the molecule is CC(C)(O)C#Cc1c(-c2ccc(C(C)(C)C)cc2)cncc1-c1ccc(C(C)(C)C)cc1. The van der Waals surface area contributed by atoms with Gasteiger partial charge in [-0.15, -0.1) is 0 Å². The molecule has 166 valence electrons. The number of benzene rings is 2. The average Bonchev–Trinajstić information content (AvgIpc) is 2.70. The van der Waals surface area contributed by atoms with Crippen LogP contribution in [-0.4, -0.2) is 15.7 Å². The van der Waals surface area contributed by atoms with E-state index in [2.05, 4.69) is 107 Å². The number of rotatable bonds is 2. The van der Waals surface area contributed by atoms with Crippen molar-refractivity contribution in [2.75, 3.05) is 0 Å². The van der Waals surface area contributed by atoms with E-state index >= 15 is 0 Å². The van der Waals surface area contributed by atoms with Crippen molar-refractivity contribution in [3.8, 4) is 34.1 Å². The number of hydrogen-bond donors (Lipinski definition) is 1. The Balaban J connectivity index is 2.18. The second kappa shape index (κ2) is 8.57. The van der Waals surface area contributed by atoms with E-state index in [1.54, 1.807) is 13.8 Å². The van der Waals surface area contributed by atoms with Gasteiger partial charge in [-0.3, -0.25) is 4.98 Å². The van der Waals surface area contributed by atoms with Crippen molar-refractivity contribution in [3.05, 3.63) is 77.6 Å². The molecular formula is C30H35NO. The lowest BCUT2D eigenvalue weighted by Gasteiger charge is -2.20. The second-order valence-corrected chi connectivity index (χ2v) is 11.1. The van der Waals surface area contributed by atoms with Crippen molar-refractivity contribution in [1.82, 2.24) is 4.98 Å². The van der Waals surface area contributed by atoms with E-state index in [4.69, 9.17) is 0 Å². The minimum atomic E-state index is -1.08. The number of nitrogens with zero attached hydrogens (tertiary/aromatic N) is 1. The predicted octanol–water partition coefficient (Wildman–Crippen LogP) is 7.13. The Morgan fingerprint density at radius 1 is 0.625 bits per heavy atom. The monoisotopic (exact) mass is 425 g/mol. The number of hydrogen-bond acceptors (Lipinski definition) is 2. The zero-order chi connectivity index (χ0) is 23.7. The lowest BCUT2D eigenvalue weighted by molar-refractivity contribution is 0.143. The van der Waals surface area contributed by atoms with Crippen LogP contribution < -0.4 is 0 Å². The van der Waals surface area contributed by atoms with Gasteiger partial charge in [-0.25, -0.2) is 0 Å². The summed E-state index contributed by atoms with van der Waals surface area (Å²) in [7, 11) is 0. The van der Waals surface area contributed by atoms with Gasteiger partial charge < -0.3 is 5.11 Å². The first-order valence-electron chi connectivity index (χ1n) is 11.2. The molecule has 0 spiro atoms. The first kappa shape index (κ1) is 23.8. The molecule has 0 aliphatic carbocycles. The molecular weight excluding hydrogens is 390 g/mol. The third-order valence-corrected chi connectivity index (χ3v) is 5.56. The van der Waals surface area contributed by atoms with Gasteiger partial charge in [-0.2, -0.15) is 0 Å². The number of aromatic nitrogens is 1. The van der Waals surface area contributed by atoms with Crippen LogP contribution in [0.3, 0.4) is 0 Å². The van der Waals surface area contributed by atoms with Gasteiger partial charge in [0.15, 0.2) is 0 Å². The zero-order valence-electron chi connectivity index (χ0n) is 20.7. The maximum absolute atomic E-state index is 10.3. The Hall–Kier alpha value is -2.89. The topological polar surface area (TPSA) is 33.1 Å². The third kappa shape index (κ3) is 5.67. The minimum absolute atomic E-state index is 0.0942. The normalized spacial score (nSPS) is 12.3. The maximum Gasteiger partial charge on any atom is 0.120 e. The molecule has 0 aliphatic heterocycles. The van der Waals surface area contributed by atoms with Crippen LogP contribution in [0.25, 0.3) is 22.3 Å². The van der Waals surface area contributed by atoms with Crippen molar-refractivity contribution in [1.29, 1.82) is 0 Å². The molecule has 32 heavy (non-hydrogen) atoms. The van der Waals surface area contributed by atoms with E-state index in [0.29, 0.717) is 0 Å². The van der Waals surface area contributed by atoms with Gasteiger partial charge in [0.05, 0.1) is 0 Å². The van der Waals surface area contributed by atoms with Gasteiger partial charge in [-0.05, 0) is 46.9 Å². The Morgan fingerprint density at radius 3 is 1.31 bits per heavy atom. The first-order chi connectivity index (χ1) is 14.8. The van der Waals surface area contributed by atoms with Crippen LogP contribution in [0.5, 0.6) is 0 Å². The quantitative estimate of drug-likeness (QED) is 0.443. The summed E-state index contributed by atoms with van der Waals surface area (Å²) < 4.78 is 0. The third-order valence-electron chi connectivity index (χ3n) is 5.56. The molecule has 0 bridgehead atoms. The Kier molecular flexibility index (Phi) is 6.36. The molecule has 2 nitrogen and oxygen atoms in total. The van der Waals surface area contributed by atoms with E-state index < -0.39 is 5.60 Å². The molecule has 0 unspecified atom stereocenters. The van der Waals surface area contributed by atoms with Crippen LogP contribution in [0, 0.1) is 11.8 Å². The molecule has 3 aromatic rings. The predicted molar refractivity (Wildman–Crippen MR) is 136 cm³/mol. The van der Waals surface area contributed by atoms with Crippen molar-refractivity contribution >= 4 is 0 Å². The summed E-state index contributed by atoms with van der Waals surface area (Å²) in [6.45, 7) is 16.7. The molecule has 1 N–H and O–H groups in total. The lowest BCUT2D eigenvalue weighted by atomic mass is 9.85. The molecule has 2 heteroatoms. The van der Waals surface area contributed by atoms with E-state index in [9.17, 15) is 5.11 Å². The highest BCUT2D eigenvalue weighted by molar-refractivity contribution is 5.81. The summed E-state index contributed by atoms with van der Waals surface area (Å²) in [6, 6.07) is 17.2. The van der Waals surface area contributed by atoms with E-state index in [-0.39, 0.29) is 10.8 Å². The lowest BCUT2D eigenvalue weighted by Crippen LogP contribution is -2.14. The Morgan fingerprint density at radius 2 is 1.00 bits per heavy atom. The van der Waals surface area contributed by atoms with Crippen molar-refractivity contribution in [3.63, 3.8) is 0 Å². The van der Waals surface area contributed by atoms with Crippen LogP contribution in [0.4, 0.5) is 0 Å². The highest BCUT2D eigenvalue weighted by Gasteiger charge is 2.17. The molecule has 0 aliphatic rings. The van der Waals surface area contributed by atoms with Crippen LogP contribution in [0.2, 0.25) is 0 Å². The van der Waals surface area contributed by atoms with E-state index in [1.807, 2.05) is 12.4 Å². The molecule has 3 rings (SSSR count). The zero-order valence-corrected chi connectivity index (χ0v) is 20.7. The molecule has 0 saturated carbocycles. The average molecular weight is 426 g/mol. The largest absolute Gasteiger partial charge is 0.378 e. The summed E-state index contributed by atoms with van der Waals surface area (Å²) in [5.74, 6) is 6.28. The molecule has 0 fully saturated rings. The van der Waals surface area contributed by atoms with Gasteiger partial charge in [0, 0.05) is 29.1 Å². The van der Waals surface area contributed by atoms with Crippen LogP contribution in [0.15, 0.2) is 60.9 Å². The Bertz CT molecular complexity index is 1060. The van der Waals surface area contributed by atoms with Crippen molar-refractivity contribution in [2.24, 2.45) is 0 Å². The fourth-order valence-electron chi connectivity index (χ4n) is 3.55. The smallest absolute Gasteiger partial charge is 0.120 e. The molecule has 1 aromatic heterocycles. The first-order valence-corrected chi connectivity index (χ1v) is 11.2. The van der Waals surface area contributed by atoms with Crippen LogP contribution in [0.1, 0.15) is 72.1 Å². The highest BCUT2D eigenvalue weighted by Crippen LogP contribution is 2.34. The molecule has 1 heterocycles. The van der Waals surface area contributed by atoms with E-state index in [0.717, 1.165) is 27.8 Å². The van der Waals surface area contributed by atoms with Gasteiger partial charge in [-0.1, -0.05) is 102 Å². The van der Waals surface area contributed by atoms with Crippen LogP contribution >= 0.6 is 0 Å². The minimum Gasteiger partial charge on any atom is -0.378 e. The standard InChI is InChI=1S/C30H35NO/c1-28(2,3)23-13-9-21(10-14-23)26-19-31-20-27(25(26)17-18-30(7,8)32)22-11-15-24(16-12-22)29(4,5)6/h9-16,19-20,32H,1-8H3. The molecule has 0 saturated heterocycles. The summed E-state index contributed by atoms with van der Waals surface area (Å²) in [5.41, 5.74) is 6.64. The van der Waals surface area contributed by atoms with Crippen LogP contribution in [-0.2, 0) is 10.8 Å². The summed E-state index contributed by atoms with van der Waals surface area (Å²) in [6.07, 6.45) is 3.74. The fourth-order valence-corrected chi connectivity index (χ4v) is 3.55. The van der Waals surface area contributed by atoms with Gasteiger partial charge in [0.25, 0.3) is 0 Å². The number of pyridine rings is 1. The summed E-state index contributed by atoms with van der Waals surface area (Å²) >= 11 is 0. The fraction of sp³-hybridized carbons (Fsp3) is 0.367. The Labute approximate surface area is 193 Å².